The Kier molecular flexibility index (Phi) is 7.21. The number of pyridine rings is 1. The van der Waals surface area contributed by atoms with E-state index in [0.29, 0.717) is 27.2 Å². The molecule has 2 fully saturated rings. The third kappa shape index (κ3) is 5.05. The number of benzene rings is 2. The Balaban J connectivity index is 1.38. The highest BCUT2D eigenvalue weighted by atomic mass is 35.5. The van der Waals surface area contributed by atoms with Gasteiger partial charge in [0.1, 0.15) is 17.6 Å². The van der Waals surface area contributed by atoms with E-state index in [0.717, 1.165) is 48.9 Å². The number of hydrogen-bond acceptors (Lipinski definition) is 5. The lowest BCUT2D eigenvalue weighted by Gasteiger charge is -2.33. The molecule has 0 radical (unpaired) electrons. The minimum atomic E-state index is -0.986. The van der Waals surface area contributed by atoms with Crippen LogP contribution in [0.25, 0.3) is 11.3 Å². The molecular formula is C31H29ClN4O3S. The minimum absolute atomic E-state index is 0.199. The largest absolute Gasteiger partial charge is 0.478 e. The van der Waals surface area contributed by atoms with Crippen LogP contribution in [-0.2, 0) is 0 Å². The van der Waals surface area contributed by atoms with E-state index in [1.807, 2.05) is 47.4 Å². The van der Waals surface area contributed by atoms with Crippen molar-refractivity contribution in [1.82, 2.24) is 10.3 Å². The fraction of sp³-hybridized carbons (Fsp3) is 0.258. The van der Waals surface area contributed by atoms with Crippen LogP contribution in [0.5, 0.6) is 0 Å². The summed E-state index contributed by atoms with van der Waals surface area (Å²) in [6.45, 7) is 4.28. The van der Waals surface area contributed by atoms with Crippen molar-refractivity contribution in [1.29, 1.82) is 0 Å². The van der Waals surface area contributed by atoms with Crippen molar-refractivity contribution in [3.05, 3.63) is 101 Å². The second kappa shape index (κ2) is 10.9. The Labute approximate surface area is 243 Å². The fourth-order valence-corrected chi connectivity index (χ4v) is 6.19. The van der Waals surface area contributed by atoms with Crippen LogP contribution < -0.4 is 15.1 Å². The first kappa shape index (κ1) is 26.3. The number of piperidine rings is 1. The van der Waals surface area contributed by atoms with Crippen LogP contribution in [0.4, 0.5) is 11.4 Å². The first-order chi connectivity index (χ1) is 19.4. The lowest BCUT2D eigenvalue weighted by Crippen LogP contribution is -2.33. The second-order valence-electron chi connectivity index (χ2n) is 10.4. The van der Waals surface area contributed by atoms with Crippen LogP contribution in [0.3, 0.4) is 0 Å². The Morgan fingerprint density at radius 1 is 1.07 bits per heavy atom. The molecule has 7 nitrogen and oxygen atoms in total. The van der Waals surface area contributed by atoms with Gasteiger partial charge in [-0.2, -0.15) is 0 Å². The van der Waals surface area contributed by atoms with E-state index in [1.165, 1.54) is 0 Å². The van der Waals surface area contributed by atoms with Gasteiger partial charge in [0.15, 0.2) is 5.11 Å². The molecule has 204 valence electrons. The van der Waals surface area contributed by atoms with Gasteiger partial charge in [-0.15, -0.1) is 0 Å². The molecule has 2 saturated heterocycles. The van der Waals surface area contributed by atoms with Crippen LogP contribution in [0.1, 0.15) is 53.7 Å². The zero-order valence-corrected chi connectivity index (χ0v) is 23.5. The molecule has 2 aliphatic heterocycles. The number of carbonyl (C=O) groups is 1. The van der Waals surface area contributed by atoms with Crippen molar-refractivity contribution < 1.29 is 14.3 Å². The zero-order valence-electron chi connectivity index (χ0n) is 22.0. The summed E-state index contributed by atoms with van der Waals surface area (Å²) in [4.78, 5) is 20.5. The van der Waals surface area contributed by atoms with Crippen LogP contribution >= 0.6 is 23.8 Å². The van der Waals surface area contributed by atoms with Crippen molar-refractivity contribution in [2.24, 2.45) is 5.92 Å². The van der Waals surface area contributed by atoms with Gasteiger partial charge in [0.25, 0.3) is 0 Å². The lowest BCUT2D eigenvalue weighted by molar-refractivity contribution is 0.0697. The summed E-state index contributed by atoms with van der Waals surface area (Å²) in [5.74, 6) is 0.989. The number of nitrogens with one attached hydrogen (secondary N) is 1. The van der Waals surface area contributed by atoms with Gasteiger partial charge in [-0.3, -0.25) is 4.98 Å². The molecule has 40 heavy (non-hydrogen) atoms. The number of carboxylic acids is 1. The predicted octanol–water partition coefficient (Wildman–Crippen LogP) is 7.11. The number of anilines is 2. The van der Waals surface area contributed by atoms with Crippen LogP contribution in [0.2, 0.25) is 5.02 Å². The quantitative estimate of drug-likeness (QED) is 0.237. The summed E-state index contributed by atoms with van der Waals surface area (Å²) in [5.41, 5.74) is 3.60. The summed E-state index contributed by atoms with van der Waals surface area (Å²) in [5, 5.41) is 14.1. The number of thiocarbonyl (C=S) groups is 1. The summed E-state index contributed by atoms with van der Waals surface area (Å²) >= 11 is 12.7. The van der Waals surface area contributed by atoms with Crippen LogP contribution in [0, 0.1) is 5.92 Å². The normalized spacial score (nSPS) is 19.6. The van der Waals surface area contributed by atoms with E-state index < -0.39 is 5.97 Å². The van der Waals surface area contributed by atoms with E-state index in [9.17, 15) is 9.90 Å². The number of aromatic carboxylic acids is 1. The fourth-order valence-electron chi connectivity index (χ4n) is 5.55. The van der Waals surface area contributed by atoms with Crippen molar-refractivity contribution in [2.45, 2.75) is 31.8 Å². The number of hydrogen-bond donors (Lipinski definition) is 2. The molecule has 0 bridgehead atoms. The topological polar surface area (TPSA) is 81.8 Å². The Morgan fingerprint density at radius 3 is 2.62 bits per heavy atom. The molecule has 9 heteroatoms. The van der Waals surface area contributed by atoms with E-state index in [1.54, 1.807) is 24.4 Å². The highest BCUT2D eigenvalue weighted by Crippen LogP contribution is 2.44. The molecule has 4 heterocycles. The average molecular weight is 573 g/mol. The highest BCUT2D eigenvalue weighted by molar-refractivity contribution is 7.80. The molecular weight excluding hydrogens is 544 g/mol. The molecule has 6 rings (SSSR count). The number of furan rings is 1. The smallest absolute Gasteiger partial charge is 0.335 e. The van der Waals surface area contributed by atoms with Gasteiger partial charge in [0.2, 0.25) is 0 Å². The molecule has 2 aliphatic rings. The summed E-state index contributed by atoms with van der Waals surface area (Å²) in [7, 11) is 0. The molecule has 2 N–H and O–H groups in total. The Bertz CT molecular complexity index is 1550. The molecule has 0 aliphatic carbocycles. The predicted molar refractivity (Wildman–Crippen MR) is 161 cm³/mol. The van der Waals surface area contributed by atoms with Gasteiger partial charge in [0.05, 0.1) is 28.0 Å². The Hall–Kier alpha value is -3.88. The molecule has 0 saturated carbocycles. The Morgan fingerprint density at radius 2 is 1.90 bits per heavy atom. The van der Waals surface area contributed by atoms with E-state index in [2.05, 4.69) is 34.3 Å². The molecule has 0 spiro atoms. The minimum Gasteiger partial charge on any atom is -0.478 e. The van der Waals surface area contributed by atoms with Crippen LogP contribution in [0.15, 0.2) is 83.4 Å². The first-order valence-corrected chi connectivity index (χ1v) is 14.2. The van der Waals surface area contributed by atoms with Gasteiger partial charge in [-0.25, -0.2) is 4.79 Å². The SMILES string of the molecule is CC1CCN(c2ccc(N3C(=S)N[C@H](c4ccccn4)[C@H]3c3ccc(-c4cccc(C(=O)O)c4)o3)cc2Cl)CC1. The number of carboxylic acid groups (broad SMARTS) is 1. The van der Waals surface area contributed by atoms with Crippen molar-refractivity contribution >= 4 is 46.3 Å². The molecule has 0 amide bonds. The van der Waals surface area contributed by atoms with E-state index >= 15 is 0 Å². The lowest BCUT2D eigenvalue weighted by atomic mass is 9.98. The van der Waals surface area contributed by atoms with Gasteiger partial charge in [-0.05, 0) is 85.6 Å². The third-order valence-electron chi connectivity index (χ3n) is 7.74. The number of halogens is 1. The maximum Gasteiger partial charge on any atom is 0.335 e. The second-order valence-corrected chi connectivity index (χ2v) is 11.2. The highest BCUT2D eigenvalue weighted by Gasteiger charge is 2.43. The molecule has 2 aromatic carbocycles. The maximum absolute atomic E-state index is 11.5. The summed E-state index contributed by atoms with van der Waals surface area (Å²) in [6, 6.07) is 21.7. The van der Waals surface area contributed by atoms with Gasteiger partial charge >= 0.3 is 5.97 Å². The average Bonchev–Trinajstić information content (AvgIpc) is 3.59. The number of nitrogens with zero attached hydrogens (tertiary/aromatic N) is 3. The van der Waals surface area contributed by atoms with Crippen molar-refractivity contribution in [3.8, 4) is 11.3 Å². The van der Waals surface area contributed by atoms with E-state index in [-0.39, 0.29) is 17.6 Å². The zero-order chi connectivity index (χ0) is 27.8. The number of aromatic nitrogens is 1. The maximum atomic E-state index is 11.5. The number of rotatable bonds is 6. The molecule has 2 atom stereocenters. The van der Waals surface area contributed by atoms with E-state index in [4.69, 9.17) is 28.2 Å². The van der Waals surface area contributed by atoms with Gasteiger partial charge in [-0.1, -0.05) is 36.7 Å². The summed E-state index contributed by atoms with van der Waals surface area (Å²) in [6.07, 6.45) is 4.07. The van der Waals surface area contributed by atoms with Gasteiger partial charge in [0, 0.05) is 30.5 Å². The third-order valence-corrected chi connectivity index (χ3v) is 8.36. The molecule has 4 aromatic rings. The van der Waals surface area contributed by atoms with Crippen LogP contribution in [-0.4, -0.2) is 34.3 Å². The van der Waals surface area contributed by atoms with Crippen molar-refractivity contribution in [3.63, 3.8) is 0 Å². The monoisotopic (exact) mass is 572 g/mol. The van der Waals surface area contributed by atoms with Crippen molar-refractivity contribution in [2.75, 3.05) is 22.9 Å². The van der Waals surface area contributed by atoms with Gasteiger partial charge < -0.3 is 24.6 Å². The molecule has 0 unspecified atom stereocenters. The molecule has 2 aromatic heterocycles. The first-order valence-electron chi connectivity index (χ1n) is 13.4. The summed E-state index contributed by atoms with van der Waals surface area (Å²) < 4.78 is 6.40. The standard InChI is InChI=1S/C31H29ClN4O3S/c1-19-12-15-35(16-13-19)25-9-8-22(18-23(25)32)36-29(28(34-31(36)40)24-7-2-3-14-33-24)27-11-10-26(39-27)20-5-4-6-21(17-20)30(37)38/h2-11,14,17-19,28-29H,12-13,15-16H2,1H3,(H,34,40)(H,37,38)/t28-,29-/m1/s1.